The Kier molecular flexibility index (Phi) is 4.68. The first-order chi connectivity index (χ1) is 10.5. The molecule has 0 aromatic heterocycles. The highest BCUT2D eigenvalue weighted by Crippen LogP contribution is 2.28. The first-order valence-electron chi connectivity index (χ1n) is 7.11. The number of amides is 3. The number of benzene rings is 1. The summed E-state index contributed by atoms with van der Waals surface area (Å²) in [5, 5.41) is 0.854. The topological polar surface area (TPSA) is 83.7 Å². The Morgan fingerprint density at radius 3 is 2.09 bits per heavy atom. The van der Waals surface area contributed by atoms with E-state index in [0.717, 1.165) is 9.91 Å². The maximum Gasteiger partial charge on any atom is 0.264 e. The minimum Gasteiger partial charge on any atom is -0.271 e. The van der Waals surface area contributed by atoms with E-state index < -0.39 is 23.8 Å². The van der Waals surface area contributed by atoms with Crippen LogP contribution in [0.15, 0.2) is 24.3 Å². The summed E-state index contributed by atoms with van der Waals surface area (Å²) in [6.07, 6.45) is 0.715. The molecule has 3 rings (SSSR count). The number of imide groups is 1. The Hall–Kier alpha value is -2.12. The zero-order valence-electron chi connectivity index (χ0n) is 12.4. The molecule has 0 aliphatic carbocycles. The van der Waals surface area contributed by atoms with Gasteiger partial charge in [-0.15, -0.1) is 0 Å². The zero-order chi connectivity index (χ0) is 16.4. The molecule has 1 fully saturated rings. The van der Waals surface area contributed by atoms with Crippen molar-refractivity contribution in [2.75, 3.05) is 0 Å². The molecule has 0 bridgehead atoms. The first kappa shape index (κ1) is 16.3. The Morgan fingerprint density at radius 1 is 1.09 bits per heavy atom. The highest BCUT2D eigenvalue weighted by molar-refractivity contribution is 7.80. The zero-order valence-corrected chi connectivity index (χ0v) is 13.2. The quantitative estimate of drug-likeness (QED) is 0.367. The van der Waals surface area contributed by atoms with Crippen LogP contribution in [0.5, 0.6) is 0 Å². The number of hydrazine groups is 1. The van der Waals surface area contributed by atoms with E-state index in [0.29, 0.717) is 29.0 Å². The van der Waals surface area contributed by atoms with Crippen molar-refractivity contribution in [3.05, 3.63) is 35.4 Å². The maximum absolute atomic E-state index is 12.3. The van der Waals surface area contributed by atoms with Gasteiger partial charge in [0.25, 0.3) is 17.7 Å². The van der Waals surface area contributed by atoms with Gasteiger partial charge in [0, 0.05) is 6.42 Å². The van der Waals surface area contributed by atoms with Crippen molar-refractivity contribution in [2.45, 2.75) is 32.7 Å². The van der Waals surface area contributed by atoms with Gasteiger partial charge in [0.2, 0.25) is 0 Å². The lowest BCUT2D eigenvalue weighted by atomic mass is 10.0. The molecule has 1 saturated heterocycles. The lowest BCUT2D eigenvalue weighted by Gasteiger charge is -2.33. The molecule has 1 atom stereocenters. The van der Waals surface area contributed by atoms with Crippen LogP contribution in [0.1, 0.15) is 47.4 Å². The molecular weight excluding hydrogens is 302 g/mol. The van der Waals surface area contributed by atoms with Crippen molar-refractivity contribution in [2.24, 2.45) is 5.84 Å². The van der Waals surface area contributed by atoms with Crippen molar-refractivity contribution < 1.29 is 14.4 Å². The lowest BCUT2D eigenvalue weighted by molar-refractivity contribution is -0.132. The molecular formula is C15H17N3O3S. The molecule has 1 aromatic rings. The van der Waals surface area contributed by atoms with Crippen LogP contribution in [0.4, 0.5) is 0 Å². The van der Waals surface area contributed by atoms with Crippen LogP contribution in [-0.2, 0) is 4.79 Å². The van der Waals surface area contributed by atoms with Crippen LogP contribution in [-0.4, -0.2) is 38.7 Å². The SMILES string of the molecule is CC.NN1C(=O)C(N2C(=O)c3ccccc3C2=O)CCC1=S. The van der Waals surface area contributed by atoms with Gasteiger partial charge >= 0.3 is 0 Å². The number of nitrogens with zero attached hydrogens (tertiary/aromatic N) is 2. The Labute approximate surface area is 133 Å². The molecule has 2 heterocycles. The molecule has 2 aliphatic heterocycles. The van der Waals surface area contributed by atoms with E-state index in [2.05, 4.69) is 0 Å². The molecule has 1 aromatic carbocycles. The number of thiocarbonyl (C=S) groups is 1. The molecule has 22 heavy (non-hydrogen) atoms. The van der Waals surface area contributed by atoms with E-state index in [-0.39, 0.29) is 0 Å². The second-order valence-electron chi connectivity index (χ2n) is 4.68. The average Bonchev–Trinajstić information content (AvgIpc) is 2.80. The second kappa shape index (κ2) is 6.33. The summed E-state index contributed by atoms with van der Waals surface area (Å²) in [5.74, 6) is 4.14. The van der Waals surface area contributed by atoms with Gasteiger partial charge in [-0.25, -0.2) is 10.9 Å². The predicted octanol–water partition coefficient (Wildman–Crippen LogP) is 1.50. The van der Waals surface area contributed by atoms with Crippen LogP contribution in [0.2, 0.25) is 0 Å². The summed E-state index contributed by atoms with van der Waals surface area (Å²) in [6, 6.07) is 5.64. The van der Waals surface area contributed by atoms with Crippen LogP contribution in [0, 0.1) is 0 Å². The van der Waals surface area contributed by atoms with Crippen molar-refractivity contribution in [1.29, 1.82) is 0 Å². The normalized spacial score (nSPS) is 20.8. The monoisotopic (exact) mass is 319 g/mol. The summed E-state index contributed by atoms with van der Waals surface area (Å²) in [4.78, 5) is 38.1. The highest BCUT2D eigenvalue weighted by atomic mass is 32.1. The van der Waals surface area contributed by atoms with Gasteiger partial charge in [-0.3, -0.25) is 19.3 Å². The van der Waals surface area contributed by atoms with Crippen LogP contribution in [0.25, 0.3) is 0 Å². The highest BCUT2D eigenvalue weighted by Gasteiger charge is 2.45. The third-order valence-corrected chi connectivity index (χ3v) is 3.96. The van der Waals surface area contributed by atoms with E-state index in [1.807, 2.05) is 13.8 Å². The maximum atomic E-state index is 12.3. The summed E-state index contributed by atoms with van der Waals surface area (Å²) in [7, 11) is 0. The molecule has 2 N–H and O–H groups in total. The lowest BCUT2D eigenvalue weighted by Crippen LogP contribution is -2.57. The minimum atomic E-state index is -0.876. The number of carbonyl (C=O) groups is 3. The number of rotatable bonds is 1. The number of hydrogen-bond donors (Lipinski definition) is 1. The molecule has 0 radical (unpaired) electrons. The van der Waals surface area contributed by atoms with Gasteiger partial charge in [-0.05, 0) is 18.6 Å². The molecule has 6 nitrogen and oxygen atoms in total. The van der Waals surface area contributed by atoms with Crippen molar-refractivity contribution in [1.82, 2.24) is 9.91 Å². The van der Waals surface area contributed by atoms with E-state index in [4.69, 9.17) is 18.1 Å². The smallest absolute Gasteiger partial charge is 0.264 e. The molecule has 116 valence electrons. The summed E-state index contributed by atoms with van der Waals surface area (Å²) < 4.78 is 0. The van der Waals surface area contributed by atoms with Gasteiger partial charge in [0.05, 0.1) is 11.1 Å². The van der Waals surface area contributed by atoms with Crippen molar-refractivity contribution in [3.63, 3.8) is 0 Å². The number of fused-ring (bicyclic) bond motifs is 1. The average molecular weight is 319 g/mol. The largest absolute Gasteiger partial charge is 0.271 e. The fourth-order valence-corrected chi connectivity index (χ4v) is 2.73. The number of piperidine rings is 1. The summed E-state index contributed by atoms with van der Waals surface area (Å²) >= 11 is 4.95. The number of nitrogens with two attached hydrogens (primary N) is 1. The van der Waals surface area contributed by atoms with Crippen LogP contribution < -0.4 is 5.84 Å². The van der Waals surface area contributed by atoms with Gasteiger partial charge in [-0.2, -0.15) is 0 Å². The molecule has 7 heteroatoms. The standard InChI is InChI=1S/C13H11N3O3S.C2H6/c14-16-10(20)6-5-9(13(16)19)15-11(17)7-3-1-2-4-8(7)12(15)18;1-2/h1-4,9H,5-6,14H2;1-2H3. The molecule has 2 aliphatic rings. The molecule has 0 spiro atoms. The summed E-state index contributed by atoms with van der Waals surface area (Å²) in [6.45, 7) is 4.00. The molecule has 0 saturated carbocycles. The fraction of sp³-hybridized carbons (Fsp3) is 0.333. The molecule has 1 unspecified atom stereocenters. The summed E-state index contributed by atoms with van der Waals surface area (Å²) in [5.41, 5.74) is 0.643. The predicted molar refractivity (Wildman–Crippen MR) is 84.9 cm³/mol. The third-order valence-electron chi connectivity index (χ3n) is 3.56. The van der Waals surface area contributed by atoms with E-state index >= 15 is 0 Å². The van der Waals surface area contributed by atoms with Gasteiger partial charge in [0.15, 0.2) is 0 Å². The Balaban J connectivity index is 0.000000847. The Bertz CT molecular complexity index is 624. The minimum absolute atomic E-state index is 0.316. The van der Waals surface area contributed by atoms with E-state index in [1.54, 1.807) is 24.3 Å². The van der Waals surface area contributed by atoms with Crippen molar-refractivity contribution in [3.8, 4) is 0 Å². The Morgan fingerprint density at radius 2 is 1.59 bits per heavy atom. The fourth-order valence-electron chi connectivity index (χ4n) is 2.52. The number of carbonyl (C=O) groups excluding carboxylic acids is 3. The first-order valence-corrected chi connectivity index (χ1v) is 7.51. The third kappa shape index (κ3) is 2.42. The van der Waals surface area contributed by atoms with E-state index in [9.17, 15) is 14.4 Å². The second-order valence-corrected chi connectivity index (χ2v) is 5.15. The van der Waals surface area contributed by atoms with Gasteiger partial charge in [0.1, 0.15) is 11.0 Å². The van der Waals surface area contributed by atoms with Crippen LogP contribution in [0.3, 0.4) is 0 Å². The number of hydrogen-bond acceptors (Lipinski definition) is 5. The van der Waals surface area contributed by atoms with Crippen molar-refractivity contribution >= 4 is 34.9 Å². The molecule has 3 amide bonds. The van der Waals surface area contributed by atoms with Crippen LogP contribution >= 0.6 is 12.2 Å². The van der Waals surface area contributed by atoms with Gasteiger partial charge in [-0.1, -0.05) is 38.2 Å². The van der Waals surface area contributed by atoms with Gasteiger partial charge < -0.3 is 0 Å². The van der Waals surface area contributed by atoms with E-state index in [1.165, 1.54) is 0 Å².